The largest absolute Gasteiger partial charge is 0.270 e. The molecule has 0 amide bonds. The fourth-order valence-corrected chi connectivity index (χ4v) is 2.15. The number of nitro groups is 1. The number of fused-ring (bicyclic) bond motifs is 1. The smallest absolute Gasteiger partial charge is 0.262 e. The number of nitrogens with zero attached hydrogens (tertiary/aromatic N) is 3. The molecule has 3 aromatic rings. The molecule has 0 aliphatic rings. The van der Waals surface area contributed by atoms with Crippen LogP contribution in [0.2, 0.25) is 5.02 Å². The SMILES string of the molecule is O=[N+]([O-])c1ccc(Cl)c(-c2ccc3ccncc3n2)c1. The fraction of sp³-hybridized carbons (Fsp3) is 0. The number of rotatable bonds is 2. The number of nitro benzene ring substituents is 1. The molecule has 0 aliphatic carbocycles. The van der Waals surface area contributed by atoms with Gasteiger partial charge in [-0.25, -0.2) is 4.98 Å². The molecule has 2 aromatic heterocycles. The van der Waals surface area contributed by atoms with Crippen molar-refractivity contribution >= 4 is 28.2 Å². The van der Waals surface area contributed by atoms with Gasteiger partial charge in [-0.05, 0) is 18.2 Å². The Bertz CT molecular complexity index is 820. The maximum Gasteiger partial charge on any atom is 0.270 e. The van der Waals surface area contributed by atoms with Gasteiger partial charge in [0.05, 0.1) is 27.4 Å². The summed E-state index contributed by atoms with van der Waals surface area (Å²) in [7, 11) is 0. The zero-order chi connectivity index (χ0) is 14.1. The predicted molar refractivity (Wildman–Crippen MR) is 76.6 cm³/mol. The molecule has 2 heterocycles. The van der Waals surface area contributed by atoms with Crippen LogP contribution in [0, 0.1) is 10.1 Å². The molecule has 98 valence electrons. The van der Waals surface area contributed by atoms with E-state index < -0.39 is 4.92 Å². The molecule has 0 atom stereocenters. The van der Waals surface area contributed by atoms with E-state index in [2.05, 4.69) is 9.97 Å². The number of aromatic nitrogens is 2. The second-order valence-corrected chi connectivity index (χ2v) is 4.59. The molecule has 0 radical (unpaired) electrons. The van der Waals surface area contributed by atoms with Gasteiger partial charge in [0.1, 0.15) is 0 Å². The summed E-state index contributed by atoms with van der Waals surface area (Å²) in [6.45, 7) is 0. The molecule has 0 spiro atoms. The van der Waals surface area contributed by atoms with Gasteiger partial charge >= 0.3 is 0 Å². The van der Waals surface area contributed by atoms with E-state index >= 15 is 0 Å². The Kier molecular flexibility index (Phi) is 3.04. The summed E-state index contributed by atoms with van der Waals surface area (Å²) in [5, 5.41) is 12.2. The first kappa shape index (κ1) is 12.5. The van der Waals surface area contributed by atoms with Crippen molar-refractivity contribution in [3.05, 3.63) is 63.9 Å². The van der Waals surface area contributed by atoms with Gasteiger partial charge in [-0.2, -0.15) is 0 Å². The summed E-state index contributed by atoms with van der Waals surface area (Å²) in [5.41, 5.74) is 1.82. The monoisotopic (exact) mass is 285 g/mol. The van der Waals surface area contributed by atoms with Gasteiger partial charge in [-0.15, -0.1) is 0 Å². The van der Waals surface area contributed by atoms with E-state index in [1.807, 2.05) is 12.1 Å². The molecule has 0 unspecified atom stereocenters. The Morgan fingerprint density at radius 1 is 1.15 bits per heavy atom. The van der Waals surface area contributed by atoms with Crippen LogP contribution in [0.5, 0.6) is 0 Å². The highest BCUT2D eigenvalue weighted by atomic mass is 35.5. The van der Waals surface area contributed by atoms with Crippen molar-refractivity contribution in [3.63, 3.8) is 0 Å². The van der Waals surface area contributed by atoms with Gasteiger partial charge in [0, 0.05) is 29.3 Å². The minimum atomic E-state index is -0.456. The summed E-state index contributed by atoms with van der Waals surface area (Å²) >= 11 is 6.11. The van der Waals surface area contributed by atoms with Crippen LogP contribution in [0.15, 0.2) is 48.8 Å². The topological polar surface area (TPSA) is 68.9 Å². The lowest BCUT2D eigenvalue weighted by Gasteiger charge is -2.05. The van der Waals surface area contributed by atoms with Crippen LogP contribution >= 0.6 is 11.6 Å². The zero-order valence-corrected chi connectivity index (χ0v) is 10.9. The van der Waals surface area contributed by atoms with E-state index in [-0.39, 0.29) is 5.69 Å². The van der Waals surface area contributed by atoms with Gasteiger partial charge < -0.3 is 0 Å². The number of hydrogen-bond donors (Lipinski definition) is 0. The van der Waals surface area contributed by atoms with Crippen molar-refractivity contribution < 1.29 is 4.92 Å². The number of non-ortho nitro benzene ring substituents is 1. The fourth-order valence-electron chi connectivity index (χ4n) is 1.94. The van der Waals surface area contributed by atoms with E-state index in [0.29, 0.717) is 21.8 Å². The van der Waals surface area contributed by atoms with Crippen molar-refractivity contribution in [2.75, 3.05) is 0 Å². The second kappa shape index (κ2) is 4.86. The third kappa shape index (κ3) is 2.19. The van der Waals surface area contributed by atoms with Crippen molar-refractivity contribution in [2.45, 2.75) is 0 Å². The molecule has 3 rings (SSSR count). The molecule has 1 aromatic carbocycles. The number of halogens is 1. The molecule has 6 heteroatoms. The molecular weight excluding hydrogens is 278 g/mol. The second-order valence-electron chi connectivity index (χ2n) is 4.19. The maximum atomic E-state index is 10.8. The molecule has 0 bridgehead atoms. The van der Waals surface area contributed by atoms with Gasteiger partial charge in [0.15, 0.2) is 0 Å². The van der Waals surface area contributed by atoms with Crippen molar-refractivity contribution in [1.82, 2.24) is 9.97 Å². The van der Waals surface area contributed by atoms with Gasteiger partial charge in [-0.3, -0.25) is 15.1 Å². The predicted octanol–water partition coefficient (Wildman–Crippen LogP) is 3.86. The minimum Gasteiger partial charge on any atom is -0.262 e. The highest BCUT2D eigenvalue weighted by Gasteiger charge is 2.12. The molecule has 0 saturated heterocycles. The Labute approximate surface area is 119 Å². The summed E-state index contributed by atoms with van der Waals surface area (Å²) < 4.78 is 0. The van der Waals surface area contributed by atoms with Crippen LogP contribution in [0.3, 0.4) is 0 Å². The molecule has 0 saturated carbocycles. The Morgan fingerprint density at radius 2 is 2.00 bits per heavy atom. The highest BCUT2D eigenvalue weighted by Crippen LogP contribution is 2.31. The van der Waals surface area contributed by atoms with Crippen LogP contribution in [-0.2, 0) is 0 Å². The van der Waals surface area contributed by atoms with E-state index in [1.165, 1.54) is 18.2 Å². The van der Waals surface area contributed by atoms with Gasteiger partial charge in [-0.1, -0.05) is 17.7 Å². The lowest BCUT2D eigenvalue weighted by Crippen LogP contribution is -1.91. The van der Waals surface area contributed by atoms with E-state index in [0.717, 1.165) is 5.39 Å². The maximum absolute atomic E-state index is 10.8. The molecule has 5 nitrogen and oxygen atoms in total. The molecule has 0 aliphatic heterocycles. The van der Waals surface area contributed by atoms with Crippen LogP contribution in [0.25, 0.3) is 22.2 Å². The van der Waals surface area contributed by atoms with Crippen LogP contribution in [0.4, 0.5) is 5.69 Å². The lowest BCUT2D eigenvalue weighted by atomic mass is 10.1. The average Bonchev–Trinajstić information content (AvgIpc) is 2.47. The normalized spacial score (nSPS) is 10.7. The first-order chi connectivity index (χ1) is 9.65. The van der Waals surface area contributed by atoms with Crippen LogP contribution in [-0.4, -0.2) is 14.9 Å². The third-order valence-corrected chi connectivity index (χ3v) is 3.26. The Morgan fingerprint density at radius 3 is 2.80 bits per heavy atom. The van der Waals surface area contributed by atoms with Crippen LogP contribution < -0.4 is 0 Å². The molecule has 0 N–H and O–H groups in total. The molecular formula is C14H8ClN3O2. The van der Waals surface area contributed by atoms with E-state index in [4.69, 9.17) is 11.6 Å². The quantitative estimate of drug-likeness (QED) is 0.529. The number of benzene rings is 1. The van der Waals surface area contributed by atoms with Crippen molar-refractivity contribution in [3.8, 4) is 11.3 Å². The van der Waals surface area contributed by atoms with Crippen LogP contribution in [0.1, 0.15) is 0 Å². The minimum absolute atomic E-state index is 0.0162. The average molecular weight is 286 g/mol. The lowest BCUT2D eigenvalue weighted by molar-refractivity contribution is -0.384. The highest BCUT2D eigenvalue weighted by molar-refractivity contribution is 6.33. The zero-order valence-electron chi connectivity index (χ0n) is 10.2. The van der Waals surface area contributed by atoms with E-state index in [9.17, 15) is 10.1 Å². The number of pyridine rings is 2. The van der Waals surface area contributed by atoms with E-state index in [1.54, 1.807) is 18.5 Å². The van der Waals surface area contributed by atoms with Gasteiger partial charge in [0.25, 0.3) is 5.69 Å². The summed E-state index contributed by atoms with van der Waals surface area (Å²) in [6, 6.07) is 9.81. The Balaban J connectivity index is 2.19. The van der Waals surface area contributed by atoms with Crippen molar-refractivity contribution in [2.24, 2.45) is 0 Å². The first-order valence-electron chi connectivity index (χ1n) is 5.80. The van der Waals surface area contributed by atoms with Gasteiger partial charge in [0.2, 0.25) is 0 Å². The summed E-state index contributed by atoms with van der Waals surface area (Å²) in [4.78, 5) is 18.8. The number of hydrogen-bond acceptors (Lipinski definition) is 4. The first-order valence-corrected chi connectivity index (χ1v) is 6.18. The summed E-state index contributed by atoms with van der Waals surface area (Å²) in [6.07, 6.45) is 3.33. The molecule has 0 fully saturated rings. The molecule has 20 heavy (non-hydrogen) atoms. The standard InChI is InChI=1S/C14H8ClN3O2/c15-12-3-2-10(18(19)20)7-11(12)13-4-1-9-5-6-16-8-14(9)17-13/h1-8H. The Hall–Kier alpha value is -2.53. The summed E-state index contributed by atoms with van der Waals surface area (Å²) in [5.74, 6) is 0. The third-order valence-electron chi connectivity index (χ3n) is 2.93. The van der Waals surface area contributed by atoms with Crippen molar-refractivity contribution in [1.29, 1.82) is 0 Å².